The molecule has 0 aliphatic heterocycles. The first kappa shape index (κ1) is 44.4. The molecule has 2 heterocycles. The van der Waals surface area contributed by atoms with Gasteiger partial charge in [-0.2, -0.15) is 0 Å². The van der Waals surface area contributed by atoms with Crippen LogP contribution in [0.25, 0.3) is 21.8 Å². The maximum absolute atomic E-state index is 12.8. The maximum Gasteiger partial charge on any atom is 0.268 e. The van der Waals surface area contributed by atoms with Gasteiger partial charge in [0.05, 0.1) is 15.3 Å². The molecule has 6 rings (SSSR count). The Hall–Kier alpha value is -3.75. The SMILES string of the molecule is CCl.CN(C)CCOc1cccc2[nH]ccc12.CN(C)CCOc1cccc2c1ccn2S(=O)(=O)c1ccccc1.Cl.O=S(=O)(Cl)c1ccccc1. The van der Waals surface area contributed by atoms with Gasteiger partial charge in [-0.1, -0.05) is 48.5 Å². The molecule has 1 N–H and O–H groups in total. The van der Waals surface area contributed by atoms with Crippen molar-refractivity contribution < 1.29 is 26.3 Å². The Kier molecular flexibility index (Phi) is 18.5. The number of H-pyrrole nitrogens is 1. The van der Waals surface area contributed by atoms with Gasteiger partial charge in [-0.25, -0.2) is 20.8 Å². The van der Waals surface area contributed by atoms with Crippen molar-refractivity contribution in [3.05, 3.63) is 122 Å². The number of nitrogens with zero attached hydrogens (tertiary/aromatic N) is 3. The topological polar surface area (TPSA) is 114 Å². The lowest BCUT2D eigenvalue weighted by molar-refractivity contribution is 0.263. The summed E-state index contributed by atoms with van der Waals surface area (Å²) in [5, 5.41) is 1.94. The van der Waals surface area contributed by atoms with E-state index in [0.717, 1.165) is 41.7 Å². The van der Waals surface area contributed by atoms with E-state index in [1.54, 1.807) is 66.9 Å². The molecule has 0 amide bonds. The summed E-state index contributed by atoms with van der Waals surface area (Å²) in [5.74, 6) is 1.65. The van der Waals surface area contributed by atoms with E-state index in [1.165, 1.54) is 22.5 Å². The number of hydrogen-bond donors (Lipinski definition) is 1. The number of fused-ring (bicyclic) bond motifs is 2. The predicted octanol–water partition coefficient (Wildman–Crippen LogP) is 7.82. The van der Waals surface area contributed by atoms with Gasteiger partial charge in [-0.05, 0) is 88.9 Å². The Morgan fingerprint density at radius 1 is 0.635 bits per heavy atom. The highest BCUT2D eigenvalue weighted by Gasteiger charge is 2.19. The summed E-state index contributed by atoms with van der Waals surface area (Å²) in [6.07, 6.45) is 4.98. The minimum atomic E-state index is -3.62. The highest BCUT2D eigenvalue weighted by molar-refractivity contribution is 8.13. The molecule has 0 bridgehead atoms. The first-order valence-corrected chi connectivity index (χ1v) is 20.3. The molecule has 0 spiro atoms. The van der Waals surface area contributed by atoms with Crippen LogP contribution < -0.4 is 9.47 Å². The number of nitrogens with one attached hydrogen (secondary N) is 1. The molecule has 0 saturated carbocycles. The largest absolute Gasteiger partial charge is 0.492 e. The smallest absolute Gasteiger partial charge is 0.268 e. The molecule has 0 radical (unpaired) electrons. The number of rotatable bonds is 11. The van der Waals surface area contributed by atoms with Crippen LogP contribution in [0.2, 0.25) is 0 Å². The summed E-state index contributed by atoms with van der Waals surface area (Å²) < 4.78 is 59.7. The summed E-state index contributed by atoms with van der Waals surface area (Å²) >= 11 is 4.64. The van der Waals surface area contributed by atoms with Gasteiger partial charge < -0.3 is 24.3 Å². The molecule has 0 unspecified atom stereocenters. The van der Waals surface area contributed by atoms with Crippen molar-refractivity contribution in [2.45, 2.75) is 9.79 Å². The first-order chi connectivity index (χ1) is 24.4. The minimum Gasteiger partial charge on any atom is -0.492 e. The summed E-state index contributed by atoms with van der Waals surface area (Å²) in [6, 6.07) is 31.6. The number of halogens is 3. The third-order valence-electron chi connectivity index (χ3n) is 7.13. The molecule has 0 aliphatic rings. The number of ether oxygens (including phenoxy) is 2. The molecule has 6 aromatic rings. The zero-order valence-corrected chi connectivity index (χ0v) is 33.6. The average Bonchev–Trinajstić information content (AvgIpc) is 3.79. The number of hydrogen-bond acceptors (Lipinski definition) is 8. The van der Waals surface area contributed by atoms with Crippen molar-refractivity contribution >= 4 is 75.6 Å². The molecule has 0 aliphatic carbocycles. The van der Waals surface area contributed by atoms with Crippen molar-refractivity contribution in [2.24, 2.45) is 0 Å². The minimum absolute atomic E-state index is 0. The molecule has 10 nitrogen and oxygen atoms in total. The number of aromatic nitrogens is 2. The second-order valence-corrected chi connectivity index (χ2v) is 15.7. The van der Waals surface area contributed by atoms with Gasteiger partial charge in [0.25, 0.3) is 19.1 Å². The zero-order chi connectivity index (χ0) is 37.4. The standard InChI is InChI=1S/C18H20N2O3S.C12H16N2O.C6H5ClO2S.CH3Cl.ClH/c1-19(2)13-14-23-18-10-6-9-17-16(18)11-12-20(17)24(21,22)15-7-4-3-5-8-15;1-14(2)8-9-15-12-5-3-4-11-10(12)6-7-13-11;7-10(8,9)6-4-2-1-3-5-6;1-2;/h3-12H,13-14H2,1-2H3;3-7,13H,8-9H2,1-2H3;1-5H;1H3;1H. The summed E-state index contributed by atoms with van der Waals surface area (Å²) in [6.45, 7) is 2.99. The Morgan fingerprint density at radius 3 is 1.63 bits per heavy atom. The quantitative estimate of drug-likeness (QED) is 0.104. The highest BCUT2D eigenvalue weighted by atomic mass is 35.7. The molecule has 2 aromatic heterocycles. The normalized spacial score (nSPS) is 11.0. The number of benzene rings is 4. The second-order valence-electron chi connectivity index (χ2n) is 11.4. The zero-order valence-electron chi connectivity index (χ0n) is 29.6. The molecule has 4 aromatic carbocycles. The van der Waals surface area contributed by atoms with Crippen LogP contribution in [0.4, 0.5) is 0 Å². The van der Waals surface area contributed by atoms with Gasteiger partial charge >= 0.3 is 0 Å². The van der Waals surface area contributed by atoms with Gasteiger partial charge in [0.15, 0.2) is 0 Å². The number of alkyl halides is 1. The Bertz CT molecular complexity index is 2140. The van der Waals surface area contributed by atoms with E-state index in [2.05, 4.69) is 21.5 Å². The van der Waals surface area contributed by atoms with Crippen LogP contribution >= 0.6 is 34.7 Å². The fourth-order valence-electron chi connectivity index (χ4n) is 4.60. The molecular weight excluding hydrogens is 767 g/mol. The fourth-order valence-corrected chi connectivity index (χ4v) is 6.76. The van der Waals surface area contributed by atoms with E-state index in [9.17, 15) is 16.8 Å². The summed E-state index contributed by atoms with van der Waals surface area (Å²) in [5.41, 5.74) is 1.73. The molecule has 282 valence electrons. The van der Waals surface area contributed by atoms with Gasteiger partial charge in [-0.3, -0.25) is 0 Å². The summed E-state index contributed by atoms with van der Waals surface area (Å²) in [4.78, 5) is 7.71. The van der Waals surface area contributed by atoms with Crippen LogP contribution in [0, 0.1) is 0 Å². The molecule has 0 fully saturated rings. The van der Waals surface area contributed by atoms with Crippen LogP contribution in [-0.2, 0) is 19.1 Å². The second kappa shape index (κ2) is 21.7. The van der Waals surface area contributed by atoms with E-state index in [4.69, 9.17) is 20.2 Å². The number of likely N-dealkylation sites (N-methyl/N-ethyl adjacent to an activating group) is 2. The average molecular weight is 812 g/mol. The monoisotopic (exact) mass is 810 g/mol. The van der Waals surface area contributed by atoms with Crippen LogP contribution in [0.3, 0.4) is 0 Å². The van der Waals surface area contributed by atoms with E-state index in [-0.39, 0.29) is 22.2 Å². The summed E-state index contributed by atoms with van der Waals surface area (Å²) in [7, 11) is 5.92. The molecule has 0 saturated heterocycles. The van der Waals surface area contributed by atoms with Gasteiger partial charge in [0, 0.05) is 58.8 Å². The van der Waals surface area contributed by atoms with Crippen molar-refractivity contribution in [3.63, 3.8) is 0 Å². The van der Waals surface area contributed by atoms with E-state index in [0.29, 0.717) is 17.9 Å². The fraction of sp³-hybridized carbons (Fsp3) is 0.243. The van der Waals surface area contributed by atoms with Gasteiger partial charge in [-0.15, -0.1) is 24.0 Å². The lowest BCUT2D eigenvalue weighted by Crippen LogP contribution is -2.19. The van der Waals surface area contributed by atoms with Crippen molar-refractivity contribution in [2.75, 3.05) is 60.9 Å². The Balaban J connectivity index is 0.000000286. The van der Waals surface area contributed by atoms with Crippen molar-refractivity contribution in [3.8, 4) is 11.5 Å². The molecule has 52 heavy (non-hydrogen) atoms. The molecule has 0 atom stereocenters. The van der Waals surface area contributed by atoms with E-state index in [1.807, 2.05) is 75.7 Å². The van der Waals surface area contributed by atoms with Gasteiger partial charge in [0.1, 0.15) is 24.7 Å². The molecular formula is C37H45Cl3N4O6S2. The maximum atomic E-state index is 12.8. The van der Waals surface area contributed by atoms with Crippen LogP contribution in [0.15, 0.2) is 131 Å². The third kappa shape index (κ3) is 13.0. The van der Waals surface area contributed by atoms with Crippen LogP contribution in [0.5, 0.6) is 11.5 Å². The lowest BCUT2D eigenvalue weighted by Gasteiger charge is -2.12. The Morgan fingerprint density at radius 2 is 1.13 bits per heavy atom. The van der Waals surface area contributed by atoms with Gasteiger partial charge in [0.2, 0.25) is 0 Å². The lowest BCUT2D eigenvalue weighted by atomic mass is 10.2. The molecule has 15 heteroatoms. The van der Waals surface area contributed by atoms with E-state index >= 15 is 0 Å². The van der Waals surface area contributed by atoms with Crippen LogP contribution in [-0.4, -0.2) is 96.5 Å². The highest BCUT2D eigenvalue weighted by Crippen LogP contribution is 2.29. The third-order valence-corrected chi connectivity index (χ3v) is 10.2. The first-order valence-electron chi connectivity index (χ1n) is 15.8. The van der Waals surface area contributed by atoms with Crippen LogP contribution in [0.1, 0.15) is 0 Å². The van der Waals surface area contributed by atoms with Crippen molar-refractivity contribution in [1.82, 2.24) is 18.8 Å². The van der Waals surface area contributed by atoms with Crippen molar-refractivity contribution in [1.29, 1.82) is 0 Å². The number of aromatic amines is 1. The van der Waals surface area contributed by atoms with E-state index < -0.39 is 19.1 Å². The predicted molar refractivity (Wildman–Crippen MR) is 216 cm³/mol. The Labute approximate surface area is 322 Å².